The molecule has 0 fully saturated rings. The van der Waals surface area contributed by atoms with Crippen LogP contribution in [0.3, 0.4) is 0 Å². The first-order valence-corrected chi connectivity index (χ1v) is 3.46. The van der Waals surface area contributed by atoms with Crippen molar-refractivity contribution in [3.05, 3.63) is 35.6 Å². The van der Waals surface area contributed by atoms with E-state index in [0.29, 0.717) is 5.56 Å². The molecule has 0 aliphatic carbocycles. The summed E-state index contributed by atoms with van der Waals surface area (Å²) in [5, 5.41) is 0. The van der Waals surface area contributed by atoms with Gasteiger partial charge in [0.05, 0.1) is 0 Å². The van der Waals surface area contributed by atoms with E-state index in [1.165, 1.54) is 24.3 Å². The molecule has 2 heteroatoms. The molecule has 0 N–H and O–H groups in total. The van der Waals surface area contributed by atoms with Gasteiger partial charge in [0.2, 0.25) is 5.78 Å². The number of benzene rings is 1. The van der Waals surface area contributed by atoms with Crippen molar-refractivity contribution in [2.45, 2.75) is 6.92 Å². The Hall–Kier alpha value is -1.62. The Balaban J connectivity index is 3.01. The minimum atomic E-state index is -0.418. The highest BCUT2D eigenvalue weighted by Gasteiger charge is 2.01. The van der Waals surface area contributed by atoms with Gasteiger partial charge in [-0.1, -0.05) is 18.1 Å². The molecular weight excluding hydrogens is 155 g/mol. The first-order valence-electron chi connectivity index (χ1n) is 3.46. The van der Waals surface area contributed by atoms with Crippen molar-refractivity contribution >= 4 is 5.78 Å². The van der Waals surface area contributed by atoms with Crippen molar-refractivity contribution in [2.24, 2.45) is 0 Å². The zero-order chi connectivity index (χ0) is 8.97. The molecule has 0 aliphatic heterocycles. The predicted octanol–water partition coefficient (Wildman–Crippen LogP) is 2.03. The van der Waals surface area contributed by atoms with E-state index in [4.69, 9.17) is 0 Å². The second kappa shape index (κ2) is 3.68. The van der Waals surface area contributed by atoms with E-state index in [1.807, 2.05) is 0 Å². The van der Waals surface area contributed by atoms with E-state index in [-0.39, 0.29) is 5.78 Å². The number of carbonyl (C=O) groups excluding carboxylic acids is 1. The maximum absolute atomic E-state index is 12.6. The molecule has 0 aromatic heterocycles. The first kappa shape index (κ1) is 8.48. The number of rotatable bonds is 1. The van der Waals surface area contributed by atoms with Gasteiger partial charge in [-0.3, -0.25) is 4.79 Å². The van der Waals surface area contributed by atoms with Crippen molar-refractivity contribution in [2.75, 3.05) is 0 Å². The molecule has 0 spiro atoms. The Labute approximate surface area is 70.2 Å². The van der Waals surface area contributed by atoms with Crippen molar-refractivity contribution in [3.63, 3.8) is 0 Å². The normalized spacial score (nSPS) is 8.50. The first-order chi connectivity index (χ1) is 5.74. The quantitative estimate of drug-likeness (QED) is 0.351. The lowest BCUT2D eigenvalue weighted by Crippen LogP contribution is -1.94. The van der Waals surface area contributed by atoms with Crippen LogP contribution in [0.1, 0.15) is 17.3 Å². The molecule has 0 amide bonds. The average Bonchev–Trinajstić information content (AvgIpc) is 2.05. The third kappa shape index (κ3) is 1.93. The smallest absolute Gasteiger partial charge is 0.235 e. The monoisotopic (exact) mass is 162 g/mol. The second-order valence-corrected chi connectivity index (χ2v) is 2.21. The molecule has 0 atom stereocenters. The highest BCUT2D eigenvalue weighted by molar-refractivity contribution is 6.08. The van der Waals surface area contributed by atoms with Crippen molar-refractivity contribution < 1.29 is 9.18 Å². The average molecular weight is 162 g/mol. The van der Waals surface area contributed by atoms with Crippen molar-refractivity contribution in [1.82, 2.24) is 0 Å². The van der Waals surface area contributed by atoms with Gasteiger partial charge in [0.25, 0.3) is 0 Å². The standard InChI is InChI=1S/C10H7FO/c1-2-4-10(12)8-5-3-6-9(11)7-8/h3,5-7H,1H3. The number of halogens is 1. The molecule has 0 saturated carbocycles. The van der Waals surface area contributed by atoms with Gasteiger partial charge in [-0.25, -0.2) is 4.39 Å². The van der Waals surface area contributed by atoms with Crippen LogP contribution < -0.4 is 0 Å². The van der Waals surface area contributed by atoms with Crippen LogP contribution in [0.15, 0.2) is 24.3 Å². The lowest BCUT2D eigenvalue weighted by Gasteiger charge is -1.92. The van der Waals surface area contributed by atoms with E-state index in [1.54, 1.807) is 6.92 Å². The highest BCUT2D eigenvalue weighted by Crippen LogP contribution is 2.03. The van der Waals surface area contributed by atoms with Gasteiger partial charge in [-0.2, -0.15) is 0 Å². The van der Waals surface area contributed by atoms with Gasteiger partial charge in [0.1, 0.15) is 5.82 Å². The van der Waals surface area contributed by atoms with Crippen LogP contribution in [-0.4, -0.2) is 5.78 Å². The van der Waals surface area contributed by atoms with Crippen molar-refractivity contribution in [1.29, 1.82) is 0 Å². The van der Waals surface area contributed by atoms with E-state index in [0.717, 1.165) is 0 Å². The van der Waals surface area contributed by atoms with E-state index in [9.17, 15) is 9.18 Å². The van der Waals surface area contributed by atoms with Crippen LogP contribution in [0.5, 0.6) is 0 Å². The lowest BCUT2D eigenvalue weighted by molar-refractivity contribution is 0.105. The molecule has 1 aromatic rings. The largest absolute Gasteiger partial charge is 0.279 e. The number of ketones is 1. The second-order valence-electron chi connectivity index (χ2n) is 2.21. The molecule has 0 saturated heterocycles. The fraction of sp³-hybridized carbons (Fsp3) is 0.100. The molecule has 0 unspecified atom stereocenters. The molecule has 0 aliphatic rings. The zero-order valence-electron chi connectivity index (χ0n) is 6.60. The Bertz CT molecular complexity index is 358. The number of Topliss-reactive ketones (excluding diaryl/α,β-unsaturated/α-hetero) is 1. The molecule has 60 valence electrons. The summed E-state index contributed by atoms with van der Waals surface area (Å²) in [7, 11) is 0. The summed E-state index contributed by atoms with van der Waals surface area (Å²) in [4.78, 5) is 11.1. The minimum Gasteiger partial charge on any atom is -0.279 e. The summed E-state index contributed by atoms with van der Waals surface area (Å²) < 4.78 is 12.6. The van der Waals surface area contributed by atoms with E-state index < -0.39 is 5.82 Å². The Kier molecular flexibility index (Phi) is 2.60. The SMILES string of the molecule is CC#CC(=O)c1cccc(F)c1. The highest BCUT2D eigenvalue weighted by atomic mass is 19.1. The summed E-state index contributed by atoms with van der Waals surface area (Å²) in [5.74, 6) is 4.03. The number of hydrogen-bond acceptors (Lipinski definition) is 1. The maximum Gasteiger partial charge on any atom is 0.235 e. The fourth-order valence-corrected chi connectivity index (χ4v) is 0.815. The molecular formula is C10H7FO. The van der Waals surface area contributed by atoms with Crippen molar-refractivity contribution in [3.8, 4) is 11.8 Å². The molecule has 0 heterocycles. The zero-order valence-corrected chi connectivity index (χ0v) is 6.60. The topological polar surface area (TPSA) is 17.1 Å². The molecule has 12 heavy (non-hydrogen) atoms. The summed E-state index contributed by atoms with van der Waals surface area (Å²) in [6.07, 6.45) is 0. The Morgan fingerprint density at radius 2 is 2.25 bits per heavy atom. The summed E-state index contributed by atoms with van der Waals surface area (Å²) >= 11 is 0. The van der Waals surface area contributed by atoms with Crippen LogP contribution in [0, 0.1) is 17.7 Å². The lowest BCUT2D eigenvalue weighted by atomic mass is 10.1. The van der Waals surface area contributed by atoms with Gasteiger partial charge in [-0.15, -0.1) is 0 Å². The van der Waals surface area contributed by atoms with Crippen LogP contribution in [-0.2, 0) is 0 Å². The summed E-state index contributed by atoms with van der Waals surface area (Å²) in [5.41, 5.74) is 0.296. The minimum absolute atomic E-state index is 0.296. The predicted molar refractivity (Wildman–Crippen MR) is 44.2 cm³/mol. The summed E-state index contributed by atoms with van der Waals surface area (Å²) in [6.45, 7) is 1.57. The van der Waals surface area contributed by atoms with Crippen LogP contribution in [0.25, 0.3) is 0 Å². The third-order valence-electron chi connectivity index (χ3n) is 1.33. The molecule has 0 radical (unpaired) electrons. The Morgan fingerprint density at radius 3 is 2.83 bits per heavy atom. The molecule has 1 aromatic carbocycles. The summed E-state index contributed by atoms with van der Waals surface area (Å²) in [6, 6.07) is 5.48. The number of hydrogen-bond donors (Lipinski definition) is 0. The Morgan fingerprint density at radius 1 is 1.50 bits per heavy atom. The van der Waals surface area contributed by atoms with Gasteiger partial charge in [0.15, 0.2) is 0 Å². The van der Waals surface area contributed by atoms with Crippen LogP contribution in [0.2, 0.25) is 0 Å². The molecule has 1 nitrogen and oxygen atoms in total. The fourth-order valence-electron chi connectivity index (χ4n) is 0.815. The van der Waals surface area contributed by atoms with Crippen LogP contribution in [0.4, 0.5) is 4.39 Å². The molecule has 0 bridgehead atoms. The van der Waals surface area contributed by atoms with E-state index in [2.05, 4.69) is 11.8 Å². The van der Waals surface area contributed by atoms with Gasteiger partial charge in [-0.05, 0) is 25.0 Å². The third-order valence-corrected chi connectivity index (χ3v) is 1.33. The van der Waals surface area contributed by atoms with Crippen LogP contribution >= 0.6 is 0 Å². The van der Waals surface area contributed by atoms with Gasteiger partial charge >= 0.3 is 0 Å². The van der Waals surface area contributed by atoms with Gasteiger partial charge in [0, 0.05) is 5.56 Å². The maximum atomic E-state index is 12.6. The van der Waals surface area contributed by atoms with Gasteiger partial charge < -0.3 is 0 Å². The number of carbonyl (C=O) groups is 1. The molecule has 1 rings (SSSR count). The van der Waals surface area contributed by atoms with E-state index >= 15 is 0 Å².